The third-order valence-electron chi connectivity index (χ3n) is 3.00. The molecule has 0 aromatic carbocycles. The molecule has 0 fully saturated rings. The van der Waals surface area contributed by atoms with E-state index in [1.54, 1.807) is 0 Å². The third kappa shape index (κ3) is 3.47. The molecule has 0 unspecified atom stereocenters. The first-order valence-corrected chi connectivity index (χ1v) is 10.2. The first-order valence-electron chi connectivity index (χ1n) is 4.24. The molecule has 0 aromatic rings. The molecule has 0 aliphatic heterocycles. The molecule has 0 nitrogen and oxygen atoms in total. The van der Waals surface area contributed by atoms with E-state index in [1.165, 1.54) is 21.0 Å². The maximum absolute atomic E-state index is 2.39. The summed E-state index contributed by atoms with van der Waals surface area (Å²) in [6, 6.07) is 0. The average Bonchev–Trinajstić information content (AvgIpc) is 1.95. The van der Waals surface area contributed by atoms with Gasteiger partial charge in [-0.15, -0.1) is 0 Å². The van der Waals surface area contributed by atoms with Crippen LogP contribution in [-0.2, 0) is 0 Å². The van der Waals surface area contributed by atoms with Gasteiger partial charge in [-0.1, -0.05) is 0 Å². The predicted molar refractivity (Wildman–Crippen MR) is 53.4 cm³/mol. The summed E-state index contributed by atoms with van der Waals surface area (Å²) in [5, 5.41) is 6.12. The van der Waals surface area contributed by atoms with Gasteiger partial charge in [-0.25, -0.2) is 0 Å². The molecule has 0 bridgehead atoms. The molecule has 0 saturated heterocycles. The molecule has 0 aromatic heterocycles. The van der Waals surface area contributed by atoms with Gasteiger partial charge in [-0.3, -0.25) is 0 Å². The van der Waals surface area contributed by atoms with Gasteiger partial charge in [0.25, 0.3) is 0 Å². The van der Waals surface area contributed by atoms with E-state index in [1.807, 2.05) is 0 Å². The van der Waals surface area contributed by atoms with Crippen LogP contribution in [0.4, 0.5) is 0 Å². The molecule has 10 heavy (non-hydrogen) atoms. The van der Waals surface area contributed by atoms with Gasteiger partial charge >= 0.3 is 62.0 Å². The number of hydrogen-bond donors (Lipinski definition) is 0. The van der Waals surface area contributed by atoms with Crippen LogP contribution in [0, 0.1) is 0 Å². The Morgan fingerprint density at radius 3 is 0.900 bits per heavy atom. The van der Waals surface area contributed by atoms with Crippen LogP contribution in [0.5, 0.6) is 0 Å². The fraction of sp³-hybridized carbons (Fsp3) is 1.00. The van der Waals surface area contributed by atoms with E-state index in [-0.39, 0.29) is 17.6 Å². The summed E-state index contributed by atoms with van der Waals surface area (Å²) in [7, 11) is 0. The van der Waals surface area contributed by atoms with Gasteiger partial charge in [0.05, 0.1) is 0 Å². The second-order valence-corrected chi connectivity index (χ2v) is 15.1. The first kappa shape index (κ1) is 13.7. The molecule has 0 aliphatic carbocycles. The van der Waals surface area contributed by atoms with Crippen molar-refractivity contribution in [3.63, 3.8) is 0 Å². The maximum Gasteiger partial charge on any atom is 0 e. The summed E-state index contributed by atoms with van der Waals surface area (Å²) in [6.07, 6.45) is 0. The van der Waals surface area contributed by atoms with Crippen molar-refractivity contribution in [2.45, 2.75) is 48.7 Å². The van der Waals surface area contributed by atoms with Crippen molar-refractivity contribution >= 4 is 30.9 Å². The molecule has 0 heterocycles. The Balaban J connectivity index is 0. The van der Waals surface area contributed by atoms with Gasteiger partial charge in [0, 0.05) is 17.6 Å². The summed E-state index contributed by atoms with van der Waals surface area (Å²) in [6.45, 7) is 9.54. The van der Waals surface area contributed by atoms with Crippen LogP contribution in [0.2, 0.25) is 21.0 Å². The largest absolute Gasteiger partial charge is 0 e. The van der Waals surface area contributed by atoms with E-state index >= 15 is 0 Å². The number of hydrogen-bond acceptors (Lipinski definition) is 0. The van der Waals surface area contributed by atoms with Crippen LogP contribution in [0.1, 0.15) is 27.7 Å². The van der Waals surface area contributed by atoms with Crippen LogP contribution in [0.25, 0.3) is 0 Å². The van der Waals surface area contributed by atoms with E-state index in [4.69, 9.17) is 0 Å². The van der Waals surface area contributed by atoms with Crippen molar-refractivity contribution in [2.24, 2.45) is 0 Å². The summed E-state index contributed by atoms with van der Waals surface area (Å²) >= 11 is -1.17. The van der Waals surface area contributed by atoms with E-state index in [0.717, 1.165) is 0 Å². The van der Waals surface area contributed by atoms with E-state index in [0.29, 0.717) is 0 Å². The second-order valence-electron chi connectivity index (χ2n) is 2.91. The Bertz CT molecular complexity index is 50.1. The zero-order valence-electron chi connectivity index (χ0n) is 7.83. The molecule has 0 aliphatic rings. The molecular weight excluding hydrogens is 241 g/mol. The molecule has 2 heteroatoms. The van der Waals surface area contributed by atoms with Crippen molar-refractivity contribution < 1.29 is 0 Å². The molecule has 0 amide bonds. The van der Waals surface area contributed by atoms with Gasteiger partial charge in [0.2, 0.25) is 0 Å². The van der Waals surface area contributed by atoms with E-state index in [9.17, 15) is 0 Å². The normalized spacial score (nSPS) is 10.8. The van der Waals surface area contributed by atoms with Crippen LogP contribution in [-0.4, -0.2) is 30.9 Å². The van der Waals surface area contributed by atoms with E-state index < -0.39 is 13.3 Å². The monoisotopic (exact) mass is 264 g/mol. The Labute approximate surface area is 79.5 Å². The fourth-order valence-electron chi connectivity index (χ4n) is 1.50. The Morgan fingerprint density at radius 1 is 0.700 bits per heavy atom. The Morgan fingerprint density at radius 2 is 0.900 bits per heavy atom. The summed E-state index contributed by atoms with van der Waals surface area (Å²) in [4.78, 5) is 0. The minimum atomic E-state index is -1.17. The van der Waals surface area contributed by atoms with Gasteiger partial charge in [-0.2, -0.15) is 0 Å². The van der Waals surface area contributed by atoms with E-state index in [2.05, 4.69) is 27.7 Å². The standard InChI is InChI=1S/C8H20Ge.Ge/c1-5-9(6-2,7-3)8-4;/h5-8H2,1-4H3;. The molecular formula is C8H20Ge2. The summed E-state index contributed by atoms with van der Waals surface area (Å²) in [5.74, 6) is 0. The van der Waals surface area contributed by atoms with Gasteiger partial charge in [0.1, 0.15) is 0 Å². The quantitative estimate of drug-likeness (QED) is 0.682. The molecule has 60 valence electrons. The second kappa shape index (κ2) is 6.77. The van der Waals surface area contributed by atoms with Crippen molar-refractivity contribution in [1.29, 1.82) is 0 Å². The third-order valence-corrected chi connectivity index (χ3v) is 15.6. The van der Waals surface area contributed by atoms with Crippen LogP contribution in [0.3, 0.4) is 0 Å². The smallest absolute Gasteiger partial charge is 0 e. The minimum absolute atomic E-state index is 0. The van der Waals surface area contributed by atoms with Crippen molar-refractivity contribution in [2.75, 3.05) is 0 Å². The topological polar surface area (TPSA) is 0 Å². The minimum Gasteiger partial charge on any atom is 0 e. The maximum atomic E-state index is 2.39. The zero-order valence-corrected chi connectivity index (χ0v) is 12.0. The Hall–Kier alpha value is 1.09. The Kier molecular flexibility index (Phi) is 9.25. The average molecular weight is 261 g/mol. The molecule has 0 spiro atoms. The van der Waals surface area contributed by atoms with Gasteiger partial charge < -0.3 is 0 Å². The van der Waals surface area contributed by atoms with Crippen molar-refractivity contribution in [1.82, 2.24) is 0 Å². The van der Waals surface area contributed by atoms with Crippen molar-refractivity contribution in [3.8, 4) is 0 Å². The molecule has 0 saturated carbocycles. The zero-order chi connectivity index (χ0) is 7.33. The SMILES string of the molecule is C[CH2][Ge]([CH2]C)([CH2]C)[CH2]C.[Ge]. The fourth-order valence-corrected chi connectivity index (χ4v) is 7.79. The summed E-state index contributed by atoms with van der Waals surface area (Å²) in [5.41, 5.74) is 0. The van der Waals surface area contributed by atoms with Crippen LogP contribution >= 0.6 is 0 Å². The molecule has 0 rings (SSSR count). The van der Waals surface area contributed by atoms with Crippen LogP contribution in [0.15, 0.2) is 0 Å². The molecule has 0 N–H and O–H groups in total. The van der Waals surface area contributed by atoms with Crippen molar-refractivity contribution in [3.05, 3.63) is 0 Å². The summed E-state index contributed by atoms with van der Waals surface area (Å²) < 4.78 is 0. The van der Waals surface area contributed by atoms with Gasteiger partial charge in [-0.05, 0) is 0 Å². The predicted octanol–water partition coefficient (Wildman–Crippen LogP) is 3.13. The number of rotatable bonds is 4. The molecule has 0 atom stereocenters. The first-order chi connectivity index (χ1) is 4.24. The van der Waals surface area contributed by atoms with Crippen LogP contribution < -0.4 is 0 Å². The molecule has 4 radical (unpaired) electrons. The van der Waals surface area contributed by atoms with Gasteiger partial charge in [0.15, 0.2) is 0 Å².